The Labute approximate surface area is 118 Å². The number of rotatable bonds is 4. The molecule has 3 N–H and O–H groups in total. The Morgan fingerprint density at radius 2 is 2.11 bits per heavy atom. The number of hydrogen-bond donors (Lipinski definition) is 3. The summed E-state index contributed by atoms with van der Waals surface area (Å²) in [5, 5.41) is 14.0. The van der Waals surface area contributed by atoms with E-state index in [0.717, 1.165) is 4.47 Å². The summed E-state index contributed by atoms with van der Waals surface area (Å²) in [6.07, 6.45) is 0.916. The highest BCUT2D eigenvalue weighted by Crippen LogP contribution is 2.35. The number of anilines is 1. The fourth-order valence-corrected chi connectivity index (χ4v) is 2.04. The second-order valence-electron chi connectivity index (χ2n) is 4.32. The predicted molar refractivity (Wildman–Crippen MR) is 72.4 cm³/mol. The van der Waals surface area contributed by atoms with Gasteiger partial charge in [-0.2, -0.15) is 0 Å². The summed E-state index contributed by atoms with van der Waals surface area (Å²) in [4.78, 5) is 22.7. The first-order valence-corrected chi connectivity index (χ1v) is 6.42. The zero-order chi connectivity index (χ0) is 14.0. The number of urea groups is 1. The molecule has 1 aromatic carbocycles. The van der Waals surface area contributed by atoms with Crippen LogP contribution in [0.15, 0.2) is 22.7 Å². The Bertz CT molecular complexity index is 528. The number of halogens is 1. The molecule has 2 rings (SSSR count). The van der Waals surface area contributed by atoms with Crippen molar-refractivity contribution in [3.05, 3.63) is 22.7 Å². The highest BCUT2D eigenvalue weighted by molar-refractivity contribution is 9.10. The highest BCUT2D eigenvalue weighted by Gasteiger charge is 2.51. The molecule has 0 atom stereocenters. The lowest BCUT2D eigenvalue weighted by Gasteiger charge is -2.14. The molecule has 0 spiro atoms. The molecule has 0 saturated heterocycles. The molecular weight excluding hydrogens is 316 g/mol. The minimum atomic E-state index is -1.09. The lowest BCUT2D eigenvalue weighted by Crippen LogP contribution is -2.45. The van der Waals surface area contributed by atoms with Crippen LogP contribution in [0.3, 0.4) is 0 Å². The molecule has 1 aromatic rings. The van der Waals surface area contributed by atoms with Crippen LogP contribution in [0.5, 0.6) is 5.75 Å². The van der Waals surface area contributed by atoms with E-state index in [0.29, 0.717) is 24.3 Å². The van der Waals surface area contributed by atoms with Crippen LogP contribution in [0.1, 0.15) is 12.8 Å². The molecule has 0 bridgehead atoms. The topological polar surface area (TPSA) is 87.7 Å². The summed E-state index contributed by atoms with van der Waals surface area (Å²) in [6.45, 7) is 0. The molecule has 0 heterocycles. The van der Waals surface area contributed by atoms with Gasteiger partial charge in [0, 0.05) is 11.8 Å². The minimum Gasteiger partial charge on any atom is -0.495 e. The molecule has 7 heteroatoms. The molecule has 0 unspecified atom stereocenters. The summed E-state index contributed by atoms with van der Waals surface area (Å²) in [5.41, 5.74) is -0.567. The van der Waals surface area contributed by atoms with Gasteiger partial charge >= 0.3 is 12.0 Å². The molecule has 0 aliphatic heterocycles. The van der Waals surface area contributed by atoms with Crippen molar-refractivity contribution in [2.24, 2.45) is 0 Å². The number of carbonyl (C=O) groups is 2. The molecule has 2 amide bonds. The molecule has 102 valence electrons. The molecule has 1 aliphatic carbocycles. The van der Waals surface area contributed by atoms with Crippen LogP contribution in [-0.4, -0.2) is 29.8 Å². The Hall–Kier alpha value is -1.76. The quantitative estimate of drug-likeness (QED) is 0.790. The summed E-state index contributed by atoms with van der Waals surface area (Å²) >= 11 is 3.30. The lowest BCUT2D eigenvalue weighted by atomic mass is 10.3. The molecule has 6 nitrogen and oxygen atoms in total. The summed E-state index contributed by atoms with van der Waals surface area (Å²) < 4.78 is 5.87. The third-order valence-electron chi connectivity index (χ3n) is 2.92. The number of carbonyl (C=O) groups excluding carboxylic acids is 1. The largest absolute Gasteiger partial charge is 0.495 e. The Morgan fingerprint density at radius 3 is 2.63 bits per heavy atom. The van der Waals surface area contributed by atoms with Crippen molar-refractivity contribution in [3.63, 3.8) is 0 Å². The molecule has 1 aliphatic rings. The standard InChI is InChI=1S/C12H13BrN2O4/c1-19-9-6-7(2-3-8(9)13)14-11(18)15-12(4-5-12)10(16)17/h2-3,6H,4-5H2,1H3,(H,16,17)(H2,14,15,18). The SMILES string of the molecule is COc1cc(NC(=O)NC2(C(=O)O)CC2)ccc1Br. The Balaban J connectivity index is 2.01. The summed E-state index contributed by atoms with van der Waals surface area (Å²) in [5.74, 6) is -0.423. The number of methoxy groups -OCH3 is 1. The molecule has 19 heavy (non-hydrogen) atoms. The van der Waals surface area contributed by atoms with E-state index in [4.69, 9.17) is 9.84 Å². The number of nitrogens with one attached hydrogen (secondary N) is 2. The fourth-order valence-electron chi connectivity index (χ4n) is 1.63. The number of amides is 2. The number of hydrogen-bond acceptors (Lipinski definition) is 3. The van der Waals surface area contributed by atoms with E-state index in [1.54, 1.807) is 18.2 Å². The average molecular weight is 329 g/mol. The van der Waals surface area contributed by atoms with E-state index < -0.39 is 17.5 Å². The number of benzene rings is 1. The number of ether oxygens (including phenoxy) is 1. The maximum atomic E-state index is 11.7. The number of carboxylic acids is 1. The third-order valence-corrected chi connectivity index (χ3v) is 3.58. The van der Waals surface area contributed by atoms with Crippen molar-refractivity contribution >= 4 is 33.6 Å². The van der Waals surface area contributed by atoms with Crippen molar-refractivity contribution < 1.29 is 19.4 Å². The average Bonchev–Trinajstić information content (AvgIpc) is 3.12. The van der Waals surface area contributed by atoms with Gasteiger partial charge in [-0.15, -0.1) is 0 Å². The van der Waals surface area contributed by atoms with E-state index in [-0.39, 0.29) is 0 Å². The third kappa shape index (κ3) is 2.98. The van der Waals surface area contributed by atoms with Gasteiger partial charge in [0.1, 0.15) is 11.3 Å². The minimum absolute atomic E-state index is 0.458. The van der Waals surface area contributed by atoms with Gasteiger partial charge < -0.3 is 20.5 Å². The van der Waals surface area contributed by atoms with Gasteiger partial charge in [0.05, 0.1) is 11.6 Å². The van der Waals surface area contributed by atoms with Gasteiger partial charge in [0.2, 0.25) is 0 Å². The fraction of sp³-hybridized carbons (Fsp3) is 0.333. The van der Waals surface area contributed by atoms with Crippen LogP contribution in [0.4, 0.5) is 10.5 Å². The molecule has 1 saturated carbocycles. The number of aliphatic carboxylic acids is 1. The second-order valence-corrected chi connectivity index (χ2v) is 5.17. The molecule has 1 fully saturated rings. The lowest BCUT2D eigenvalue weighted by molar-refractivity contribution is -0.140. The zero-order valence-electron chi connectivity index (χ0n) is 10.2. The van der Waals surface area contributed by atoms with Crippen molar-refractivity contribution in [2.75, 3.05) is 12.4 Å². The van der Waals surface area contributed by atoms with Crippen molar-refractivity contribution in [3.8, 4) is 5.75 Å². The highest BCUT2D eigenvalue weighted by atomic mass is 79.9. The van der Waals surface area contributed by atoms with Crippen molar-refractivity contribution in [2.45, 2.75) is 18.4 Å². The monoisotopic (exact) mass is 328 g/mol. The van der Waals surface area contributed by atoms with Gasteiger partial charge in [-0.05, 0) is 40.9 Å². The van der Waals surface area contributed by atoms with E-state index in [9.17, 15) is 9.59 Å². The van der Waals surface area contributed by atoms with Gasteiger partial charge in [-0.3, -0.25) is 0 Å². The Morgan fingerprint density at radius 1 is 1.42 bits per heavy atom. The van der Waals surface area contributed by atoms with E-state index in [1.807, 2.05) is 0 Å². The maximum Gasteiger partial charge on any atom is 0.329 e. The molecule has 0 aromatic heterocycles. The van der Waals surface area contributed by atoms with Crippen LogP contribution in [0, 0.1) is 0 Å². The van der Waals surface area contributed by atoms with E-state index in [1.165, 1.54) is 7.11 Å². The summed E-state index contributed by atoms with van der Waals surface area (Å²) in [7, 11) is 1.52. The van der Waals surface area contributed by atoms with Crippen LogP contribution < -0.4 is 15.4 Å². The Kier molecular flexibility index (Phi) is 3.66. The van der Waals surface area contributed by atoms with Gasteiger partial charge in [-0.25, -0.2) is 9.59 Å². The van der Waals surface area contributed by atoms with Gasteiger partial charge in [-0.1, -0.05) is 0 Å². The van der Waals surface area contributed by atoms with E-state index >= 15 is 0 Å². The maximum absolute atomic E-state index is 11.7. The first-order chi connectivity index (χ1) is 8.97. The summed E-state index contributed by atoms with van der Waals surface area (Å²) in [6, 6.07) is 4.53. The van der Waals surface area contributed by atoms with Crippen LogP contribution in [0.25, 0.3) is 0 Å². The van der Waals surface area contributed by atoms with Crippen molar-refractivity contribution in [1.29, 1.82) is 0 Å². The van der Waals surface area contributed by atoms with Crippen LogP contribution >= 0.6 is 15.9 Å². The normalized spacial score (nSPS) is 15.5. The number of carboxylic acid groups (broad SMARTS) is 1. The first kappa shape index (κ1) is 13.7. The van der Waals surface area contributed by atoms with Gasteiger partial charge in [0.15, 0.2) is 0 Å². The first-order valence-electron chi connectivity index (χ1n) is 5.63. The van der Waals surface area contributed by atoms with Crippen LogP contribution in [-0.2, 0) is 4.79 Å². The second kappa shape index (κ2) is 5.08. The zero-order valence-corrected chi connectivity index (χ0v) is 11.8. The van der Waals surface area contributed by atoms with Crippen LogP contribution in [0.2, 0.25) is 0 Å². The smallest absolute Gasteiger partial charge is 0.329 e. The molecule has 0 radical (unpaired) electrons. The molecular formula is C12H13BrN2O4. The van der Waals surface area contributed by atoms with Gasteiger partial charge in [0.25, 0.3) is 0 Å². The predicted octanol–water partition coefficient (Wildman–Crippen LogP) is 2.20. The van der Waals surface area contributed by atoms with Crippen molar-refractivity contribution in [1.82, 2.24) is 5.32 Å². The van der Waals surface area contributed by atoms with E-state index in [2.05, 4.69) is 26.6 Å².